The van der Waals surface area contributed by atoms with Gasteiger partial charge >= 0.3 is 11.9 Å². The van der Waals surface area contributed by atoms with Gasteiger partial charge in [-0.1, -0.05) is 53.2 Å². The van der Waals surface area contributed by atoms with Crippen LogP contribution in [-0.2, 0) is 19.1 Å². The molecule has 3 fully saturated rings. The first-order chi connectivity index (χ1) is 12.0. The van der Waals surface area contributed by atoms with E-state index < -0.39 is 23.9 Å². The molecule has 1 aromatic rings. The number of fused-ring (bicyclic) bond motifs is 1. The van der Waals surface area contributed by atoms with Gasteiger partial charge in [-0.25, -0.2) is 0 Å². The van der Waals surface area contributed by atoms with Crippen LogP contribution in [0.15, 0.2) is 30.3 Å². The summed E-state index contributed by atoms with van der Waals surface area (Å²) in [6, 6.07) is 8.81. The van der Waals surface area contributed by atoms with Crippen molar-refractivity contribution >= 4 is 33.7 Å². The molecule has 25 heavy (non-hydrogen) atoms. The first-order valence-electron chi connectivity index (χ1n) is 8.67. The van der Waals surface area contributed by atoms with E-state index in [1.165, 1.54) is 0 Å². The Labute approximate surface area is 154 Å². The largest absolute Gasteiger partial charge is 0.461 e. The smallest absolute Gasteiger partial charge is 0.310 e. The Morgan fingerprint density at radius 2 is 2.00 bits per heavy atom. The van der Waals surface area contributed by atoms with Crippen LogP contribution < -0.4 is 0 Å². The predicted molar refractivity (Wildman–Crippen MR) is 92.1 cm³/mol. The average Bonchev–Trinajstić information content (AvgIpc) is 3.24. The second kappa shape index (κ2) is 6.24. The number of Topliss-reactive ketones (excluding diaryl/α,β-unsaturated/α-hetero) is 1. The third-order valence-corrected chi connectivity index (χ3v) is 6.98. The standard InChI is InChI=1S/C19H19BrO5/c1-2-12(16(21)9-6-4-3-5-7-9)24-18(22)13-10-8-11-14(13)19(23)25-17(11)15(10)20/h3-7,10-15,17H,2,8H2,1H3/t10-,11-,12+,13-,14+,15-,17+/m1/s1. The number of carbonyl (C=O) groups is 3. The normalized spacial score (nSPS) is 36.2. The highest BCUT2D eigenvalue weighted by Gasteiger charge is 2.68. The quantitative estimate of drug-likeness (QED) is 0.427. The molecule has 4 rings (SSSR count). The molecule has 132 valence electrons. The average molecular weight is 407 g/mol. The number of benzene rings is 1. The van der Waals surface area contributed by atoms with E-state index in [1.54, 1.807) is 24.3 Å². The van der Waals surface area contributed by atoms with Crippen molar-refractivity contribution < 1.29 is 23.9 Å². The van der Waals surface area contributed by atoms with Crippen LogP contribution >= 0.6 is 15.9 Å². The Hall–Kier alpha value is -1.69. The van der Waals surface area contributed by atoms with Crippen molar-refractivity contribution in [3.8, 4) is 0 Å². The molecule has 5 nitrogen and oxygen atoms in total. The van der Waals surface area contributed by atoms with Gasteiger partial charge in [0.2, 0.25) is 5.78 Å². The maximum absolute atomic E-state index is 12.8. The fourth-order valence-electron chi connectivity index (χ4n) is 4.62. The first kappa shape index (κ1) is 16.8. The van der Waals surface area contributed by atoms with Crippen LogP contribution in [0.25, 0.3) is 0 Å². The molecule has 0 N–H and O–H groups in total. The topological polar surface area (TPSA) is 69.7 Å². The van der Waals surface area contributed by atoms with E-state index in [1.807, 2.05) is 13.0 Å². The highest BCUT2D eigenvalue weighted by atomic mass is 79.9. The van der Waals surface area contributed by atoms with Crippen LogP contribution in [-0.4, -0.2) is 34.8 Å². The lowest BCUT2D eigenvalue weighted by Gasteiger charge is -2.28. The summed E-state index contributed by atoms with van der Waals surface area (Å²) in [7, 11) is 0. The third-order valence-electron chi connectivity index (χ3n) is 5.78. The lowest BCUT2D eigenvalue weighted by molar-refractivity contribution is -0.158. The van der Waals surface area contributed by atoms with Crippen molar-refractivity contribution in [2.45, 2.75) is 36.8 Å². The van der Waals surface area contributed by atoms with Crippen LogP contribution in [0.3, 0.4) is 0 Å². The Balaban J connectivity index is 1.51. The van der Waals surface area contributed by atoms with E-state index in [0.29, 0.717) is 12.0 Å². The number of rotatable bonds is 5. The molecule has 3 aliphatic rings. The SMILES string of the molecule is CC[C@H](OC(=O)[C@@H]1[C@H]2C[C@H]3[C@H](OC(=O)[C@@H]31)[C@@H]2Br)C(=O)c1ccccc1. The summed E-state index contributed by atoms with van der Waals surface area (Å²) in [5.41, 5.74) is 0.522. The monoisotopic (exact) mass is 406 g/mol. The zero-order valence-electron chi connectivity index (χ0n) is 13.8. The molecule has 2 bridgehead atoms. The second-order valence-electron chi connectivity index (χ2n) is 7.02. The molecule has 0 spiro atoms. The Morgan fingerprint density at radius 3 is 2.68 bits per heavy atom. The Morgan fingerprint density at radius 1 is 1.28 bits per heavy atom. The van der Waals surface area contributed by atoms with E-state index in [0.717, 1.165) is 6.42 Å². The summed E-state index contributed by atoms with van der Waals surface area (Å²) in [5, 5.41) is 0. The van der Waals surface area contributed by atoms with Gasteiger partial charge in [0, 0.05) is 11.5 Å². The Bertz CT molecular complexity index is 718. The summed E-state index contributed by atoms with van der Waals surface area (Å²) < 4.78 is 11.0. The van der Waals surface area contributed by atoms with Crippen molar-refractivity contribution in [2.75, 3.05) is 0 Å². The number of esters is 2. The van der Waals surface area contributed by atoms with Crippen molar-refractivity contribution in [3.63, 3.8) is 0 Å². The summed E-state index contributed by atoms with van der Waals surface area (Å²) in [5.74, 6) is -1.77. The van der Waals surface area contributed by atoms with Gasteiger partial charge in [0.15, 0.2) is 6.10 Å². The lowest BCUT2D eigenvalue weighted by Crippen LogP contribution is -2.41. The number of ketones is 1. The fourth-order valence-corrected chi connectivity index (χ4v) is 5.67. The minimum absolute atomic E-state index is 0.0114. The maximum Gasteiger partial charge on any atom is 0.310 e. The second-order valence-corrected chi connectivity index (χ2v) is 8.08. The van der Waals surface area contributed by atoms with Crippen LogP contribution in [0.5, 0.6) is 0 Å². The molecule has 0 radical (unpaired) electrons. The number of hydrogen-bond acceptors (Lipinski definition) is 5. The van der Waals surface area contributed by atoms with Crippen LogP contribution in [0, 0.1) is 23.7 Å². The van der Waals surface area contributed by atoms with Gasteiger partial charge in [-0.15, -0.1) is 0 Å². The van der Waals surface area contributed by atoms with Gasteiger partial charge in [-0.2, -0.15) is 0 Å². The van der Waals surface area contributed by atoms with Gasteiger partial charge in [0.1, 0.15) is 6.10 Å². The molecule has 0 unspecified atom stereocenters. The van der Waals surface area contributed by atoms with Gasteiger partial charge in [-0.05, 0) is 18.8 Å². The summed E-state index contributed by atoms with van der Waals surface area (Å²) in [4.78, 5) is 37.5. The van der Waals surface area contributed by atoms with Crippen LogP contribution in [0.4, 0.5) is 0 Å². The van der Waals surface area contributed by atoms with E-state index in [4.69, 9.17) is 9.47 Å². The van der Waals surface area contributed by atoms with Crippen LogP contribution in [0.2, 0.25) is 0 Å². The minimum atomic E-state index is -0.823. The molecular weight excluding hydrogens is 388 g/mol. The number of carbonyl (C=O) groups excluding carboxylic acids is 3. The van der Waals surface area contributed by atoms with Gasteiger partial charge in [0.05, 0.1) is 16.7 Å². The zero-order chi connectivity index (χ0) is 17.7. The van der Waals surface area contributed by atoms with Crippen molar-refractivity contribution in [2.24, 2.45) is 23.7 Å². The Kier molecular flexibility index (Phi) is 4.18. The molecule has 7 atom stereocenters. The van der Waals surface area contributed by atoms with E-state index >= 15 is 0 Å². The molecule has 1 aromatic carbocycles. The van der Waals surface area contributed by atoms with E-state index in [2.05, 4.69) is 15.9 Å². The summed E-state index contributed by atoms with van der Waals surface area (Å²) >= 11 is 3.58. The summed E-state index contributed by atoms with van der Waals surface area (Å²) in [6.45, 7) is 1.81. The summed E-state index contributed by atoms with van der Waals surface area (Å²) in [6.07, 6.45) is 0.242. The number of hydrogen-bond donors (Lipinski definition) is 0. The molecule has 6 heteroatoms. The molecule has 2 saturated carbocycles. The first-order valence-corrected chi connectivity index (χ1v) is 9.58. The molecule has 2 aliphatic carbocycles. The van der Waals surface area contributed by atoms with Gasteiger partial charge < -0.3 is 9.47 Å². The zero-order valence-corrected chi connectivity index (χ0v) is 15.3. The van der Waals surface area contributed by atoms with Gasteiger partial charge in [-0.3, -0.25) is 14.4 Å². The fraction of sp³-hybridized carbons (Fsp3) is 0.526. The maximum atomic E-state index is 12.8. The molecule has 1 aliphatic heterocycles. The molecule has 0 aromatic heterocycles. The van der Waals surface area contributed by atoms with Crippen molar-refractivity contribution in [3.05, 3.63) is 35.9 Å². The van der Waals surface area contributed by atoms with Crippen molar-refractivity contribution in [1.82, 2.24) is 0 Å². The minimum Gasteiger partial charge on any atom is -0.461 e. The van der Waals surface area contributed by atoms with E-state index in [-0.39, 0.29) is 34.5 Å². The van der Waals surface area contributed by atoms with Gasteiger partial charge in [0.25, 0.3) is 0 Å². The highest BCUT2D eigenvalue weighted by molar-refractivity contribution is 9.09. The van der Waals surface area contributed by atoms with Crippen molar-refractivity contribution in [1.29, 1.82) is 0 Å². The molecular formula is C19H19BrO5. The third kappa shape index (κ3) is 2.53. The van der Waals surface area contributed by atoms with E-state index in [9.17, 15) is 14.4 Å². The number of ether oxygens (including phenoxy) is 2. The molecule has 1 heterocycles. The molecule has 0 amide bonds. The highest BCUT2D eigenvalue weighted by Crippen LogP contribution is 2.60. The molecule has 1 saturated heterocycles. The lowest BCUT2D eigenvalue weighted by atomic mass is 9.80. The predicted octanol–water partition coefficient (Wildman–Crippen LogP) is 2.76. The number of halogens is 1. The number of alkyl halides is 1. The van der Waals surface area contributed by atoms with Crippen LogP contribution in [0.1, 0.15) is 30.1 Å².